The van der Waals surface area contributed by atoms with Crippen molar-refractivity contribution in [1.82, 2.24) is 4.57 Å². The van der Waals surface area contributed by atoms with E-state index in [-0.39, 0.29) is 5.91 Å². The molecule has 0 aliphatic carbocycles. The Balaban J connectivity index is 2.21. The minimum Gasteiger partial charge on any atom is -0.397 e. The minimum absolute atomic E-state index is 0.219. The van der Waals surface area contributed by atoms with E-state index in [1.807, 2.05) is 0 Å². The van der Waals surface area contributed by atoms with E-state index in [2.05, 4.69) is 21.2 Å². The average molecular weight is 329 g/mol. The van der Waals surface area contributed by atoms with Crippen LogP contribution in [0.15, 0.2) is 34.9 Å². The summed E-state index contributed by atoms with van der Waals surface area (Å²) in [5.74, 6) is -0.219. The second kappa shape index (κ2) is 5.04. The van der Waals surface area contributed by atoms with E-state index in [0.29, 0.717) is 22.1 Å². The molecule has 1 aromatic carbocycles. The number of hydrogen-bond acceptors (Lipinski definition) is 2. The quantitative estimate of drug-likeness (QED) is 0.889. The molecule has 0 spiro atoms. The Morgan fingerprint density at radius 2 is 2.17 bits per heavy atom. The number of nitrogen functional groups attached to an aromatic ring is 1. The van der Waals surface area contributed by atoms with Crippen molar-refractivity contribution in [3.05, 3.63) is 45.7 Å². The Hall–Kier alpha value is -1.46. The predicted octanol–water partition coefficient (Wildman–Crippen LogP) is 3.28. The van der Waals surface area contributed by atoms with E-state index in [1.165, 1.54) is 0 Å². The molecule has 3 N–H and O–H groups in total. The Kier molecular flexibility index (Phi) is 3.63. The first kappa shape index (κ1) is 13.0. The van der Waals surface area contributed by atoms with Crippen LogP contribution in [0.2, 0.25) is 5.02 Å². The highest BCUT2D eigenvalue weighted by atomic mass is 79.9. The van der Waals surface area contributed by atoms with Crippen LogP contribution in [0, 0.1) is 0 Å². The third-order valence-corrected chi connectivity index (χ3v) is 3.65. The molecule has 0 fully saturated rings. The van der Waals surface area contributed by atoms with Crippen LogP contribution >= 0.6 is 27.5 Å². The first-order chi connectivity index (χ1) is 8.47. The molecule has 4 nitrogen and oxygen atoms in total. The summed E-state index contributed by atoms with van der Waals surface area (Å²) < 4.78 is 2.41. The average Bonchev–Trinajstić information content (AvgIpc) is 2.63. The monoisotopic (exact) mass is 327 g/mol. The maximum Gasteiger partial charge on any atom is 0.272 e. The van der Waals surface area contributed by atoms with Gasteiger partial charge in [-0.05, 0) is 40.2 Å². The van der Waals surface area contributed by atoms with Gasteiger partial charge in [-0.15, -0.1) is 0 Å². The standard InChI is InChI=1S/C12H11BrClN3O/c1-17-6-7(15)4-11(17)12(18)16-8-2-3-10(14)9(13)5-8/h2-6H,15H2,1H3,(H,16,18). The number of rotatable bonds is 2. The number of carbonyl (C=O) groups is 1. The van der Waals surface area contributed by atoms with E-state index in [4.69, 9.17) is 17.3 Å². The lowest BCUT2D eigenvalue weighted by Gasteiger charge is -2.07. The van der Waals surface area contributed by atoms with Crippen molar-refractivity contribution in [3.63, 3.8) is 0 Å². The van der Waals surface area contributed by atoms with Crippen LogP contribution in [0.25, 0.3) is 0 Å². The lowest BCUT2D eigenvalue weighted by molar-refractivity contribution is 0.101. The maximum absolute atomic E-state index is 12.0. The van der Waals surface area contributed by atoms with Gasteiger partial charge in [0.2, 0.25) is 0 Å². The number of aryl methyl sites for hydroxylation is 1. The van der Waals surface area contributed by atoms with Gasteiger partial charge in [0.1, 0.15) is 5.69 Å². The van der Waals surface area contributed by atoms with E-state index >= 15 is 0 Å². The number of hydrogen-bond donors (Lipinski definition) is 2. The Morgan fingerprint density at radius 1 is 1.44 bits per heavy atom. The largest absolute Gasteiger partial charge is 0.397 e. The molecule has 0 radical (unpaired) electrons. The number of nitrogens with two attached hydrogens (primary N) is 1. The van der Waals surface area contributed by atoms with Crippen molar-refractivity contribution < 1.29 is 4.79 Å². The molecule has 2 aromatic rings. The molecule has 0 saturated heterocycles. The second-order valence-corrected chi connectivity index (χ2v) is 5.11. The normalized spacial score (nSPS) is 10.4. The molecule has 0 unspecified atom stereocenters. The van der Waals surface area contributed by atoms with Gasteiger partial charge >= 0.3 is 0 Å². The summed E-state index contributed by atoms with van der Waals surface area (Å²) in [5.41, 5.74) is 7.35. The highest BCUT2D eigenvalue weighted by Gasteiger charge is 2.11. The zero-order valence-corrected chi connectivity index (χ0v) is 11.9. The number of amides is 1. The molecule has 0 saturated carbocycles. The number of benzene rings is 1. The summed E-state index contributed by atoms with van der Waals surface area (Å²) in [6.45, 7) is 0. The molecule has 0 aliphatic rings. The first-order valence-electron chi connectivity index (χ1n) is 5.15. The summed E-state index contributed by atoms with van der Waals surface area (Å²) in [6, 6.07) is 6.81. The number of anilines is 2. The summed E-state index contributed by atoms with van der Waals surface area (Å²) in [7, 11) is 1.77. The van der Waals surface area contributed by atoms with E-state index in [1.54, 1.807) is 42.1 Å². The van der Waals surface area contributed by atoms with Gasteiger partial charge in [0.05, 0.1) is 10.7 Å². The number of carbonyl (C=O) groups excluding carboxylic acids is 1. The molecule has 0 atom stereocenters. The zero-order chi connectivity index (χ0) is 13.3. The van der Waals surface area contributed by atoms with Crippen molar-refractivity contribution in [3.8, 4) is 0 Å². The fourth-order valence-corrected chi connectivity index (χ4v) is 2.08. The van der Waals surface area contributed by atoms with Crippen molar-refractivity contribution in [2.75, 3.05) is 11.1 Å². The number of aromatic nitrogens is 1. The van der Waals surface area contributed by atoms with Gasteiger partial charge in [0, 0.05) is 23.4 Å². The van der Waals surface area contributed by atoms with Crippen LogP contribution in [0.5, 0.6) is 0 Å². The SMILES string of the molecule is Cn1cc(N)cc1C(=O)Nc1ccc(Cl)c(Br)c1. The van der Waals surface area contributed by atoms with Crippen LogP contribution < -0.4 is 11.1 Å². The lowest BCUT2D eigenvalue weighted by Crippen LogP contribution is -2.15. The molecule has 18 heavy (non-hydrogen) atoms. The first-order valence-corrected chi connectivity index (χ1v) is 6.32. The fraction of sp³-hybridized carbons (Fsp3) is 0.0833. The summed E-state index contributed by atoms with van der Waals surface area (Å²) >= 11 is 9.18. The van der Waals surface area contributed by atoms with E-state index < -0.39 is 0 Å². The van der Waals surface area contributed by atoms with E-state index in [9.17, 15) is 4.79 Å². The third kappa shape index (κ3) is 2.68. The Bertz CT molecular complexity index is 609. The van der Waals surface area contributed by atoms with Crippen LogP contribution in [0.3, 0.4) is 0 Å². The molecule has 1 heterocycles. The number of nitrogens with one attached hydrogen (secondary N) is 1. The molecular formula is C12H11BrClN3O. The van der Waals surface area contributed by atoms with Crippen LogP contribution in [0.4, 0.5) is 11.4 Å². The lowest BCUT2D eigenvalue weighted by atomic mass is 10.3. The maximum atomic E-state index is 12.0. The van der Waals surface area contributed by atoms with Crippen molar-refractivity contribution in [1.29, 1.82) is 0 Å². The van der Waals surface area contributed by atoms with Gasteiger partial charge in [-0.25, -0.2) is 0 Å². The van der Waals surface area contributed by atoms with Gasteiger partial charge < -0.3 is 15.6 Å². The number of halogens is 2. The predicted molar refractivity (Wildman–Crippen MR) is 76.9 cm³/mol. The molecule has 2 rings (SSSR count). The van der Waals surface area contributed by atoms with Gasteiger partial charge in [-0.1, -0.05) is 11.6 Å². The molecule has 1 amide bonds. The molecule has 0 bridgehead atoms. The van der Waals surface area contributed by atoms with Crippen molar-refractivity contribution >= 4 is 44.8 Å². The molecular weight excluding hydrogens is 318 g/mol. The Morgan fingerprint density at radius 3 is 2.72 bits per heavy atom. The molecule has 94 valence electrons. The topological polar surface area (TPSA) is 60.0 Å². The highest BCUT2D eigenvalue weighted by Crippen LogP contribution is 2.25. The molecule has 0 aliphatic heterocycles. The van der Waals surface area contributed by atoms with Gasteiger partial charge in [-0.2, -0.15) is 0 Å². The molecule has 1 aromatic heterocycles. The third-order valence-electron chi connectivity index (χ3n) is 2.44. The summed E-state index contributed by atoms with van der Waals surface area (Å²) in [6.07, 6.45) is 1.69. The molecule has 6 heteroatoms. The summed E-state index contributed by atoms with van der Waals surface area (Å²) in [4.78, 5) is 12.0. The van der Waals surface area contributed by atoms with Gasteiger partial charge in [-0.3, -0.25) is 4.79 Å². The zero-order valence-electron chi connectivity index (χ0n) is 9.58. The number of nitrogens with zero attached hydrogens (tertiary/aromatic N) is 1. The van der Waals surface area contributed by atoms with Crippen LogP contribution in [0.1, 0.15) is 10.5 Å². The van der Waals surface area contributed by atoms with E-state index in [0.717, 1.165) is 4.47 Å². The van der Waals surface area contributed by atoms with Gasteiger partial charge in [0.15, 0.2) is 0 Å². The fourth-order valence-electron chi connectivity index (χ4n) is 1.58. The highest BCUT2D eigenvalue weighted by molar-refractivity contribution is 9.10. The van der Waals surface area contributed by atoms with Crippen molar-refractivity contribution in [2.24, 2.45) is 7.05 Å². The van der Waals surface area contributed by atoms with Crippen LogP contribution in [-0.2, 0) is 7.05 Å². The van der Waals surface area contributed by atoms with Gasteiger partial charge in [0.25, 0.3) is 5.91 Å². The van der Waals surface area contributed by atoms with Crippen molar-refractivity contribution in [2.45, 2.75) is 0 Å². The Labute approximate surface area is 118 Å². The van der Waals surface area contributed by atoms with Crippen LogP contribution in [-0.4, -0.2) is 10.5 Å². The minimum atomic E-state index is -0.219. The summed E-state index contributed by atoms with van der Waals surface area (Å²) in [5, 5.41) is 3.37. The smallest absolute Gasteiger partial charge is 0.272 e. The second-order valence-electron chi connectivity index (χ2n) is 3.85.